The van der Waals surface area contributed by atoms with E-state index in [9.17, 15) is 14.4 Å². The Labute approximate surface area is 192 Å². The van der Waals surface area contributed by atoms with E-state index in [1.165, 1.54) is 11.0 Å². The summed E-state index contributed by atoms with van der Waals surface area (Å²) in [5.41, 5.74) is 17.2. The third-order valence-corrected chi connectivity index (χ3v) is 5.29. The van der Waals surface area contributed by atoms with Crippen LogP contribution in [-0.4, -0.2) is 59.9 Å². The van der Waals surface area contributed by atoms with Gasteiger partial charge in [0.05, 0.1) is 0 Å². The van der Waals surface area contributed by atoms with Gasteiger partial charge in [-0.3, -0.25) is 19.9 Å². The first-order valence-corrected chi connectivity index (χ1v) is 10.5. The van der Waals surface area contributed by atoms with Crippen LogP contribution in [0.2, 0.25) is 0 Å². The number of nitrogen functional groups attached to an aromatic ring is 1. The van der Waals surface area contributed by atoms with E-state index in [0.717, 1.165) is 32.5 Å². The summed E-state index contributed by atoms with van der Waals surface area (Å²) in [6, 6.07) is 14.5. The molecule has 10 nitrogen and oxygen atoms in total. The number of primary amides is 1. The number of hydrogen-bond acceptors (Lipinski definition) is 5. The number of para-hydroxylation sites is 1. The molecule has 3 rings (SSSR count). The lowest BCUT2D eigenvalue weighted by atomic mass is 9.97. The van der Waals surface area contributed by atoms with Crippen LogP contribution in [-0.2, 0) is 4.79 Å². The molecular formula is C23H30N6O4. The van der Waals surface area contributed by atoms with Crippen LogP contribution < -0.4 is 22.1 Å². The molecule has 1 aliphatic rings. The van der Waals surface area contributed by atoms with Gasteiger partial charge in [0.25, 0.3) is 5.91 Å². The topological polar surface area (TPSA) is 180 Å². The number of urea groups is 1. The van der Waals surface area contributed by atoms with Crippen molar-refractivity contribution in [2.45, 2.75) is 12.8 Å². The average molecular weight is 455 g/mol. The van der Waals surface area contributed by atoms with Gasteiger partial charge in [-0.2, -0.15) is 0 Å². The first kappa shape index (κ1) is 25.3. The summed E-state index contributed by atoms with van der Waals surface area (Å²) in [6.45, 7) is 1.83. The number of hydrogen-bond donors (Lipinski definition) is 5. The molecule has 1 fully saturated rings. The van der Waals surface area contributed by atoms with Crippen molar-refractivity contribution in [1.82, 2.24) is 4.90 Å². The smallest absolute Gasteiger partial charge is 0.323 e. The standard InChI is InChI=1S/C16H15N3O3.C7H15N3O/c17-15(18)11-5-4-6-12(9-11)16(22)19(10-14(20)21)13-7-2-1-3-8-13;8-5-6-1-3-10(4-2-6)7(9)11/h1-9H,10H2,(H3,17,18)(H,20,21);6H,1-5,8H2,(H2,9,11). The fourth-order valence-electron chi connectivity index (χ4n) is 3.39. The molecule has 0 unspecified atom stereocenters. The van der Waals surface area contributed by atoms with Crippen LogP contribution in [0.25, 0.3) is 0 Å². The second-order valence-corrected chi connectivity index (χ2v) is 7.62. The number of aliphatic carboxylic acids is 1. The number of carbonyl (C=O) groups excluding carboxylic acids is 2. The predicted octanol–water partition coefficient (Wildman–Crippen LogP) is 1.44. The summed E-state index contributed by atoms with van der Waals surface area (Å²) < 4.78 is 0. The van der Waals surface area contributed by atoms with Crippen molar-refractivity contribution in [1.29, 1.82) is 5.41 Å². The van der Waals surface area contributed by atoms with Crippen LogP contribution in [0.15, 0.2) is 54.6 Å². The Morgan fingerprint density at radius 3 is 2.12 bits per heavy atom. The third-order valence-electron chi connectivity index (χ3n) is 5.29. The zero-order valence-electron chi connectivity index (χ0n) is 18.3. The summed E-state index contributed by atoms with van der Waals surface area (Å²) in [5.74, 6) is -1.14. The van der Waals surface area contributed by atoms with Gasteiger partial charge < -0.3 is 27.2 Å². The van der Waals surface area contributed by atoms with Crippen molar-refractivity contribution < 1.29 is 19.5 Å². The van der Waals surface area contributed by atoms with Crippen molar-refractivity contribution in [2.24, 2.45) is 23.1 Å². The molecule has 0 atom stereocenters. The minimum atomic E-state index is -1.11. The van der Waals surface area contributed by atoms with Crippen molar-refractivity contribution in [3.05, 3.63) is 65.7 Å². The number of rotatable bonds is 6. The van der Waals surface area contributed by atoms with E-state index in [4.69, 9.17) is 27.7 Å². The zero-order chi connectivity index (χ0) is 24.4. The van der Waals surface area contributed by atoms with Gasteiger partial charge in [0, 0.05) is 29.9 Å². The summed E-state index contributed by atoms with van der Waals surface area (Å²) in [4.78, 5) is 37.2. The molecule has 33 heavy (non-hydrogen) atoms. The van der Waals surface area contributed by atoms with Gasteiger partial charge in [-0.25, -0.2) is 4.79 Å². The monoisotopic (exact) mass is 454 g/mol. The first-order chi connectivity index (χ1) is 15.7. The largest absolute Gasteiger partial charge is 0.480 e. The Morgan fingerprint density at radius 1 is 1.00 bits per heavy atom. The van der Waals surface area contributed by atoms with E-state index in [-0.39, 0.29) is 17.4 Å². The van der Waals surface area contributed by atoms with Gasteiger partial charge in [0.2, 0.25) is 0 Å². The Morgan fingerprint density at radius 2 is 1.61 bits per heavy atom. The Balaban J connectivity index is 0.000000294. The van der Waals surface area contributed by atoms with E-state index < -0.39 is 18.4 Å². The normalized spacial score (nSPS) is 13.4. The highest BCUT2D eigenvalue weighted by Gasteiger charge is 2.21. The fourth-order valence-corrected chi connectivity index (χ4v) is 3.39. The average Bonchev–Trinajstić information content (AvgIpc) is 2.83. The first-order valence-electron chi connectivity index (χ1n) is 10.5. The zero-order valence-corrected chi connectivity index (χ0v) is 18.3. The number of carboxylic acid groups (broad SMARTS) is 1. The predicted molar refractivity (Wildman–Crippen MR) is 126 cm³/mol. The molecule has 0 radical (unpaired) electrons. The van der Waals surface area contributed by atoms with Crippen LogP contribution in [0.3, 0.4) is 0 Å². The summed E-state index contributed by atoms with van der Waals surface area (Å²) >= 11 is 0. The number of amides is 3. The third kappa shape index (κ3) is 7.62. The number of benzene rings is 2. The molecule has 3 amide bonds. The minimum Gasteiger partial charge on any atom is -0.480 e. The van der Waals surface area contributed by atoms with Crippen molar-refractivity contribution in [3.8, 4) is 0 Å². The number of piperidine rings is 1. The SMILES string of the molecule is N=C(N)c1cccc(C(=O)N(CC(=O)O)c2ccccc2)c1.NCC1CCN(C(N)=O)CC1. The van der Waals surface area contributed by atoms with Crippen LogP contribution in [0.1, 0.15) is 28.8 Å². The Bertz CT molecular complexity index is 974. The fraction of sp³-hybridized carbons (Fsp3) is 0.304. The summed E-state index contributed by atoms with van der Waals surface area (Å²) in [7, 11) is 0. The van der Waals surface area contributed by atoms with Gasteiger partial charge >= 0.3 is 12.0 Å². The molecule has 1 heterocycles. The molecule has 0 aromatic heterocycles. The molecule has 10 heteroatoms. The lowest BCUT2D eigenvalue weighted by Crippen LogP contribution is -2.42. The highest BCUT2D eigenvalue weighted by Crippen LogP contribution is 2.17. The van der Waals surface area contributed by atoms with E-state index in [2.05, 4.69) is 0 Å². The molecule has 2 aromatic rings. The number of nitrogens with two attached hydrogens (primary N) is 3. The maximum Gasteiger partial charge on any atom is 0.323 e. The summed E-state index contributed by atoms with van der Waals surface area (Å²) in [6.07, 6.45) is 2.00. The van der Waals surface area contributed by atoms with Gasteiger partial charge in [0.15, 0.2) is 0 Å². The lowest BCUT2D eigenvalue weighted by molar-refractivity contribution is -0.135. The molecule has 1 aliphatic heterocycles. The summed E-state index contributed by atoms with van der Waals surface area (Å²) in [5, 5.41) is 16.5. The number of nitrogens with zero attached hydrogens (tertiary/aromatic N) is 2. The Kier molecular flexibility index (Phi) is 9.37. The van der Waals surface area contributed by atoms with E-state index >= 15 is 0 Å². The van der Waals surface area contributed by atoms with E-state index in [1.807, 2.05) is 0 Å². The van der Waals surface area contributed by atoms with E-state index in [0.29, 0.717) is 17.2 Å². The van der Waals surface area contributed by atoms with Gasteiger partial charge in [-0.15, -0.1) is 0 Å². The molecule has 2 aromatic carbocycles. The number of carboxylic acids is 1. The number of anilines is 1. The van der Waals surface area contributed by atoms with E-state index in [1.54, 1.807) is 53.4 Å². The van der Waals surface area contributed by atoms with Gasteiger partial charge in [-0.05, 0) is 49.6 Å². The molecule has 0 bridgehead atoms. The number of amidine groups is 1. The molecule has 0 spiro atoms. The van der Waals surface area contributed by atoms with Gasteiger partial charge in [0.1, 0.15) is 12.4 Å². The van der Waals surface area contributed by atoms with Gasteiger partial charge in [-0.1, -0.05) is 30.3 Å². The van der Waals surface area contributed by atoms with Crippen LogP contribution >= 0.6 is 0 Å². The maximum atomic E-state index is 12.6. The molecule has 0 saturated carbocycles. The second kappa shape index (κ2) is 12.2. The quantitative estimate of drug-likeness (QED) is 0.325. The minimum absolute atomic E-state index is 0.154. The van der Waals surface area contributed by atoms with Crippen molar-refractivity contribution >= 4 is 29.4 Å². The Hall–Kier alpha value is -3.92. The number of likely N-dealkylation sites (tertiary alicyclic amines) is 1. The molecule has 8 N–H and O–H groups in total. The molecular weight excluding hydrogens is 424 g/mol. The lowest BCUT2D eigenvalue weighted by Gasteiger charge is -2.29. The molecule has 0 aliphatic carbocycles. The van der Waals surface area contributed by atoms with Crippen LogP contribution in [0.4, 0.5) is 10.5 Å². The maximum absolute atomic E-state index is 12.6. The van der Waals surface area contributed by atoms with Crippen molar-refractivity contribution in [3.63, 3.8) is 0 Å². The second-order valence-electron chi connectivity index (χ2n) is 7.62. The highest BCUT2D eigenvalue weighted by atomic mass is 16.4. The molecule has 176 valence electrons. The highest BCUT2D eigenvalue weighted by molar-refractivity contribution is 6.09. The number of nitrogens with one attached hydrogen (secondary N) is 1. The van der Waals surface area contributed by atoms with Crippen LogP contribution in [0.5, 0.6) is 0 Å². The number of carbonyl (C=O) groups is 3. The van der Waals surface area contributed by atoms with Crippen molar-refractivity contribution in [2.75, 3.05) is 31.1 Å². The molecule has 1 saturated heterocycles. The van der Waals surface area contributed by atoms with Crippen LogP contribution in [0, 0.1) is 11.3 Å².